The monoisotopic (exact) mass is 337 g/mol. The van der Waals surface area contributed by atoms with E-state index in [9.17, 15) is 9.59 Å². The van der Waals surface area contributed by atoms with Gasteiger partial charge >= 0.3 is 0 Å². The van der Waals surface area contributed by atoms with Gasteiger partial charge in [0.05, 0.1) is 17.4 Å². The van der Waals surface area contributed by atoms with Crippen LogP contribution in [0.4, 0.5) is 11.4 Å². The maximum atomic E-state index is 12.8. The molecule has 25 heavy (non-hydrogen) atoms. The van der Waals surface area contributed by atoms with Gasteiger partial charge in [0.25, 0.3) is 5.91 Å². The molecule has 0 aliphatic carbocycles. The molecule has 130 valence electrons. The zero-order valence-electron chi connectivity index (χ0n) is 14.7. The van der Waals surface area contributed by atoms with E-state index in [2.05, 4.69) is 10.6 Å². The normalized spacial score (nSPS) is 16.6. The number of fused-ring (bicyclic) bond motifs is 1. The quantitative estimate of drug-likeness (QED) is 0.901. The van der Waals surface area contributed by atoms with Crippen molar-refractivity contribution in [1.29, 1.82) is 0 Å². The Labute approximate surface area is 148 Å². The molecule has 0 aromatic heterocycles. The molecular weight excluding hydrogens is 314 g/mol. The van der Waals surface area contributed by atoms with Crippen molar-refractivity contribution in [3.05, 3.63) is 60.2 Å². The molecule has 3 rings (SSSR count). The Morgan fingerprint density at radius 3 is 2.48 bits per heavy atom. The molecule has 0 radical (unpaired) electrons. The van der Waals surface area contributed by atoms with Crippen molar-refractivity contribution in [1.82, 2.24) is 5.32 Å². The molecule has 2 N–H and O–H groups in total. The smallest absolute Gasteiger partial charge is 0.252 e. The average molecular weight is 337 g/mol. The molecule has 0 fully saturated rings. The highest BCUT2D eigenvalue weighted by molar-refractivity contribution is 6.09. The van der Waals surface area contributed by atoms with Crippen LogP contribution in [0.5, 0.6) is 0 Å². The van der Waals surface area contributed by atoms with Crippen LogP contribution in [0.1, 0.15) is 32.4 Å². The van der Waals surface area contributed by atoms with Crippen molar-refractivity contribution in [3.63, 3.8) is 0 Å². The van der Waals surface area contributed by atoms with Crippen molar-refractivity contribution < 1.29 is 9.59 Å². The number of benzene rings is 2. The summed E-state index contributed by atoms with van der Waals surface area (Å²) in [5, 5.41) is 6.20. The lowest BCUT2D eigenvalue weighted by Crippen LogP contribution is -2.56. The van der Waals surface area contributed by atoms with Gasteiger partial charge in [-0.25, -0.2) is 0 Å². The summed E-state index contributed by atoms with van der Waals surface area (Å²) in [5.74, 6) is -0.300. The first-order valence-electron chi connectivity index (χ1n) is 8.42. The molecule has 1 heterocycles. The van der Waals surface area contributed by atoms with E-state index in [1.807, 2.05) is 75.4 Å². The number of rotatable bonds is 4. The number of anilines is 2. The lowest BCUT2D eigenvalue weighted by Gasteiger charge is -2.39. The fraction of sp³-hybridized carbons (Fsp3) is 0.300. The molecule has 0 saturated heterocycles. The fourth-order valence-electron chi connectivity index (χ4n) is 3.06. The van der Waals surface area contributed by atoms with E-state index < -0.39 is 5.54 Å². The maximum absolute atomic E-state index is 12.8. The van der Waals surface area contributed by atoms with Gasteiger partial charge in [-0.15, -0.1) is 0 Å². The van der Waals surface area contributed by atoms with Crippen LogP contribution in [0.15, 0.2) is 54.6 Å². The second-order valence-corrected chi connectivity index (χ2v) is 6.86. The molecule has 0 saturated carbocycles. The molecule has 1 atom stereocenters. The van der Waals surface area contributed by atoms with Gasteiger partial charge in [-0.05, 0) is 38.5 Å². The first-order valence-corrected chi connectivity index (χ1v) is 8.42. The molecule has 2 aromatic rings. The van der Waals surface area contributed by atoms with Crippen LogP contribution in [0.25, 0.3) is 0 Å². The van der Waals surface area contributed by atoms with Crippen LogP contribution in [0.2, 0.25) is 0 Å². The van der Waals surface area contributed by atoms with E-state index in [1.165, 1.54) is 0 Å². The number of hydrogen-bond donors (Lipinski definition) is 2. The van der Waals surface area contributed by atoms with Crippen LogP contribution in [0.3, 0.4) is 0 Å². The summed E-state index contributed by atoms with van der Waals surface area (Å²) in [7, 11) is 0. The predicted octanol–water partition coefficient (Wildman–Crippen LogP) is 3.10. The third kappa shape index (κ3) is 3.50. The Balaban J connectivity index is 1.77. The number of carbonyl (C=O) groups is 2. The number of nitrogens with zero attached hydrogens (tertiary/aromatic N) is 1. The third-order valence-corrected chi connectivity index (χ3v) is 4.40. The largest absolute Gasteiger partial charge is 0.370 e. The van der Waals surface area contributed by atoms with Crippen molar-refractivity contribution in [2.24, 2.45) is 0 Å². The summed E-state index contributed by atoms with van der Waals surface area (Å²) in [5.41, 5.74) is 1.87. The molecule has 0 spiro atoms. The summed E-state index contributed by atoms with van der Waals surface area (Å²) in [6.07, 6.45) is 0. The van der Waals surface area contributed by atoms with Crippen LogP contribution < -0.4 is 15.5 Å². The summed E-state index contributed by atoms with van der Waals surface area (Å²) in [6.45, 7) is 5.58. The number of amides is 2. The van der Waals surface area contributed by atoms with Gasteiger partial charge in [0.2, 0.25) is 5.91 Å². The highest BCUT2D eigenvalue weighted by atomic mass is 16.2. The fourth-order valence-corrected chi connectivity index (χ4v) is 3.06. The average Bonchev–Trinajstić information content (AvgIpc) is 2.59. The Morgan fingerprint density at radius 2 is 1.76 bits per heavy atom. The van der Waals surface area contributed by atoms with Crippen molar-refractivity contribution in [3.8, 4) is 0 Å². The van der Waals surface area contributed by atoms with Gasteiger partial charge in [-0.3, -0.25) is 14.5 Å². The van der Waals surface area contributed by atoms with Gasteiger partial charge < -0.3 is 10.6 Å². The van der Waals surface area contributed by atoms with Gasteiger partial charge in [0, 0.05) is 0 Å². The van der Waals surface area contributed by atoms with Gasteiger partial charge in [-0.2, -0.15) is 0 Å². The topological polar surface area (TPSA) is 61.4 Å². The van der Waals surface area contributed by atoms with E-state index >= 15 is 0 Å². The van der Waals surface area contributed by atoms with Crippen molar-refractivity contribution in [2.75, 3.05) is 16.8 Å². The first kappa shape index (κ1) is 17.0. The second kappa shape index (κ2) is 6.59. The first-order chi connectivity index (χ1) is 11.9. The van der Waals surface area contributed by atoms with Gasteiger partial charge in [0.1, 0.15) is 12.1 Å². The predicted molar refractivity (Wildman–Crippen MR) is 99.5 cm³/mol. The zero-order chi connectivity index (χ0) is 18.0. The van der Waals surface area contributed by atoms with E-state index in [0.717, 1.165) is 16.9 Å². The summed E-state index contributed by atoms with van der Waals surface area (Å²) in [4.78, 5) is 26.9. The van der Waals surface area contributed by atoms with Crippen molar-refractivity contribution >= 4 is 23.2 Å². The lowest BCUT2D eigenvalue weighted by molar-refractivity contribution is -0.126. The van der Waals surface area contributed by atoms with E-state index in [4.69, 9.17) is 0 Å². The standard InChI is InChI=1S/C20H23N3O2/c1-14(15-9-5-4-6-10-15)21-18(24)13-23-17-12-8-7-11-16(17)22-20(2,3)19(23)25/h4-12,14,22H,13H2,1-3H3,(H,21,24). The van der Waals surface area contributed by atoms with Crippen molar-refractivity contribution in [2.45, 2.75) is 32.4 Å². The maximum Gasteiger partial charge on any atom is 0.252 e. The molecular formula is C20H23N3O2. The molecule has 2 aromatic carbocycles. The van der Waals surface area contributed by atoms with Crippen LogP contribution in [-0.2, 0) is 9.59 Å². The zero-order valence-corrected chi connectivity index (χ0v) is 14.7. The highest BCUT2D eigenvalue weighted by Gasteiger charge is 2.39. The summed E-state index contributed by atoms with van der Waals surface area (Å²) < 4.78 is 0. The Kier molecular flexibility index (Phi) is 4.49. The number of nitrogens with one attached hydrogen (secondary N) is 2. The van der Waals surface area contributed by atoms with E-state index in [-0.39, 0.29) is 24.4 Å². The molecule has 1 aliphatic heterocycles. The minimum atomic E-state index is -0.750. The van der Waals surface area contributed by atoms with E-state index in [0.29, 0.717) is 0 Å². The molecule has 1 aliphatic rings. The minimum absolute atomic E-state index is 0.00185. The molecule has 1 unspecified atom stereocenters. The second-order valence-electron chi connectivity index (χ2n) is 6.86. The molecule has 0 bridgehead atoms. The van der Waals surface area contributed by atoms with Crippen LogP contribution in [-0.4, -0.2) is 23.9 Å². The summed E-state index contributed by atoms with van der Waals surface area (Å²) >= 11 is 0. The molecule has 2 amide bonds. The van der Waals surface area contributed by atoms with Gasteiger partial charge in [-0.1, -0.05) is 42.5 Å². The lowest BCUT2D eigenvalue weighted by atomic mass is 9.98. The number of para-hydroxylation sites is 2. The number of hydrogen-bond acceptors (Lipinski definition) is 3. The Bertz CT molecular complexity index is 787. The third-order valence-electron chi connectivity index (χ3n) is 4.40. The molecule has 5 heteroatoms. The SMILES string of the molecule is CC(NC(=O)CN1C(=O)C(C)(C)Nc2ccccc21)c1ccccc1. The molecule has 5 nitrogen and oxygen atoms in total. The Hall–Kier alpha value is -2.82. The Morgan fingerprint density at radius 1 is 1.12 bits per heavy atom. The highest BCUT2D eigenvalue weighted by Crippen LogP contribution is 2.34. The minimum Gasteiger partial charge on any atom is -0.370 e. The number of carbonyl (C=O) groups excluding carboxylic acids is 2. The van der Waals surface area contributed by atoms with E-state index in [1.54, 1.807) is 4.90 Å². The van der Waals surface area contributed by atoms with Crippen LogP contribution >= 0.6 is 0 Å². The summed E-state index contributed by atoms with van der Waals surface area (Å²) in [6, 6.07) is 17.2. The van der Waals surface area contributed by atoms with Crippen LogP contribution in [0, 0.1) is 0 Å². The van der Waals surface area contributed by atoms with Gasteiger partial charge in [0.15, 0.2) is 0 Å².